The molecule has 3 nitrogen and oxygen atoms in total. The van der Waals surface area contributed by atoms with Gasteiger partial charge in [-0.2, -0.15) is 13.2 Å². The largest absolute Gasteiger partial charge is 0.401 e. The summed E-state index contributed by atoms with van der Waals surface area (Å²) in [5.74, 6) is 0. The molecule has 0 fully saturated rings. The molecule has 0 saturated carbocycles. The molecule has 1 aromatic rings. The van der Waals surface area contributed by atoms with Crippen LogP contribution in [0.15, 0.2) is 5.38 Å². The van der Waals surface area contributed by atoms with Gasteiger partial charge in [0.05, 0.1) is 12.2 Å². The zero-order valence-corrected chi connectivity index (χ0v) is 10.6. The fourth-order valence-corrected chi connectivity index (χ4v) is 2.04. The Morgan fingerprint density at radius 2 is 2.12 bits per heavy atom. The molecule has 1 heterocycles. The molecule has 0 aromatic carbocycles. The van der Waals surface area contributed by atoms with E-state index in [2.05, 4.69) is 4.98 Å². The molecule has 0 atom stereocenters. The SMILES string of the molecule is CC(C)N(Cc1csc(CN)n1)CC(F)(F)F. The third kappa shape index (κ3) is 5.01. The van der Waals surface area contributed by atoms with E-state index in [0.717, 1.165) is 5.01 Å². The van der Waals surface area contributed by atoms with Crippen molar-refractivity contribution >= 4 is 11.3 Å². The van der Waals surface area contributed by atoms with Gasteiger partial charge in [-0.25, -0.2) is 4.98 Å². The first-order valence-electron chi connectivity index (χ1n) is 5.26. The fraction of sp³-hybridized carbons (Fsp3) is 0.700. The average Bonchev–Trinajstić information content (AvgIpc) is 2.62. The molecule has 1 rings (SSSR count). The summed E-state index contributed by atoms with van der Waals surface area (Å²) < 4.78 is 37.1. The molecule has 0 radical (unpaired) electrons. The van der Waals surface area contributed by atoms with Gasteiger partial charge in [-0.05, 0) is 13.8 Å². The van der Waals surface area contributed by atoms with E-state index in [-0.39, 0.29) is 12.6 Å². The smallest absolute Gasteiger partial charge is 0.325 e. The summed E-state index contributed by atoms with van der Waals surface area (Å²) >= 11 is 1.38. The molecular formula is C10H16F3N3S. The van der Waals surface area contributed by atoms with E-state index in [1.54, 1.807) is 19.2 Å². The Bertz CT molecular complexity index is 349. The van der Waals surface area contributed by atoms with E-state index in [9.17, 15) is 13.2 Å². The Balaban J connectivity index is 2.66. The number of thiazole rings is 1. The van der Waals surface area contributed by atoms with Gasteiger partial charge in [-0.3, -0.25) is 4.90 Å². The van der Waals surface area contributed by atoms with Gasteiger partial charge in [0.1, 0.15) is 5.01 Å². The summed E-state index contributed by atoms with van der Waals surface area (Å²) in [5.41, 5.74) is 6.06. The number of nitrogens with zero attached hydrogens (tertiary/aromatic N) is 2. The second-order valence-electron chi connectivity index (χ2n) is 4.05. The first-order valence-corrected chi connectivity index (χ1v) is 6.14. The topological polar surface area (TPSA) is 42.1 Å². The third-order valence-electron chi connectivity index (χ3n) is 2.25. The van der Waals surface area contributed by atoms with Crippen LogP contribution < -0.4 is 5.73 Å². The molecule has 0 spiro atoms. The molecule has 0 aliphatic rings. The highest BCUT2D eigenvalue weighted by atomic mass is 32.1. The summed E-state index contributed by atoms with van der Waals surface area (Å²) in [6, 6.07) is -0.181. The van der Waals surface area contributed by atoms with Gasteiger partial charge in [-0.15, -0.1) is 11.3 Å². The Labute approximate surface area is 102 Å². The van der Waals surface area contributed by atoms with Crippen molar-refractivity contribution in [1.82, 2.24) is 9.88 Å². The molecular weight excluding hydrogens is 251 g/mol. The lowest BCUT2D eigenvalue weighted by Crippen LogP contribution is -2.38. The highest BCUT2D eigenvalue weighted by Gasteiger charge is 2.31. The van der Waals surface area contributed by atoms with Crippen LogP contribution in [-0.2, 0) is 13.1 Å². The molecule has 17 heavy (non-hydrogen) atoms. The summed E-state index contributed by atoms with van der Waals surface area (Å²) in [7, 11) is 0. The molecule has 0 aliphatic heterocycles. The van der Waals surface area contributed by atoms with E-state index in [1.165, 1.54) is 16.2 Å². The van der Waals surface area contributed by atoms with Crippen molar-refractivity contribution in [3.8, 4) is 0 Å². The van der Waals surface area contributed by atoms with Crippen LogP contribution in [0.1, 0.15) is 24.5 Å². The van der Waals surface area contributed by atoms with Crippen molar-refractivity contribution in [3.05, 3.63) is 16.1 Å². The first-order chi connectivity index (χ1) is 7.81. The standard InChI is InChI=1S/C10H16F3N3S/c1-7(2)16(6-10(11,12)13)4-8-5-17-9(3-14)15-8/h5,7H,3-4,6,14H2,1-2H3. The van der Waals surface area contributed by atoms with Gasteiger partial charge in [0.2, 0.25) is 0 Å². The third-order valence-corrected chi connectivity index (χ3v) is 3.17. The second kappa shape index (κ2) is 5.79. The van der Waals surface area contributed by atoms with Gasteiger partial charge >= 0.3 is 6.18 Å². The van der Waals surface area contributed by atoms with Crippen LogP contribution in [0.25, 0.3) is 0 Å². The summed E-state index contributed by atoms with van der Waals surface area (Å²) in [4.78, 5) is 5.51. The predicted octanol–water partition coefficient (Wildman–Crippen LogP) is 2.37. The van der Waals surface area contributed by atoms with E-state index < -0.39 is 12.7 Å². The minimum Gasteiger partial charge on any atom is -0.325 e. The fourth-order valence-electron chi connectivity index (χ4n) is 1.37. The number of hydrogen-bond donors (Lipinski definition) is 1. The molecule has 0 unspecified atom stereocenters. The monoisotopic (exact) mass is 267 g/mol. The second-order valence-corrected chi connectivity index (χ2v) is 4.99. The minimum absolute atomic E-state index is 0.181. The van der Waals surface area contributed by atoms with Gasteiger partial charge in [-0.1, -0.05) is 0 Å². The highest BCUT2D eigenvalue weighted by Crippen LogP contribution is 2.20. The van der Waals surface area contributed by atoms with Crippen molar-refractivity contribution < 1.29 is 13.2 Å². The van der Waals surface area contributed by atoms with Crippen molar-refractivity contribution in [2.75, 3.05) is 6.54 Å². The van der Waals surface area contributed by atoms with Crippen LogP contribution in [0.4, 0.5) is 13.2 Å². The van der Waals surface area contributed by atoms with Crippen LogP contribution in [0.5, 0.6) is 0 Å². The number of halogens is 3. The van der Waals surface area contributed by atoms with Crippen molar-refractivity contribution in [1.29, 1.82) is 0 Å². The molecule has 7 heteroatoms. The predicted molar refractivity (Wildman–Crippen MR) is 61.6 cm³/mol. The lowest BCUT2D eigenvalue weighted by atomic mass is 10.3. The van der Waals surface area contributed by atoms with Gasteiger partial charge < -0.3 is 5.73 Å². The lowest BCUT2D eigenvalue weighted by molar-refractivity contribution is -0.151. The normalized spacial score (nSPS) is 12.7. The Morgan fingerprint density at radius 1 is 1.47 bits per heavy atom. The first kappa shape index (κ1) is 14.4. The van der Waals surface area contributed by atoms with E-state index >= 15 is 0 Å². The molecule has 0 amide bonds. The molecule has 0 saturated heterocycles. The molecule has 2 N–H and O–H groups in total. The minimum atomic E-state index is -4.18. The molecule has 98 valence electrons. The quantitative estimate of drug-likeness (QED) is 0.890. The summed E-state index contributed by atoms with van der Waals surface area (Å²) in [6.07, 6.45) is -4.18. The van der Waals surface area contributed by atoms with E-state index in [0.29, 0.717) is 12.2 Å². The van der Waals surface area contributed by atoms with Gasteiger partial charge in [0.15, 0.2) is 0 Å². The number of rotatable bonds is 5. The Kier molecular flexibility index (Phi) is 4.91. The van der Waals surface area contributed by atoms with E-state index in [4.69, 9.17) is 5.73 Å². The number of alkyl halides is 3. The van der Waals surface area contributed by atoms with Crippen LogP contribution in [0, 0.1) is 0 Å². The summed E-state index contributed by atoms with van der Waals surface area (Å²) in [5, 5.41) is 2.50. The molecule has 0 bridgehead atoms. The lowest BCUT2D eigenvalue weighted by Gasteiger charge is -2.26. The maximum absolute atomic E-state index is 12.4. The zero-order chi connectivity index (χ0) is 13.1. The van der Waals surface area contributed by atoms with Crippen LogP contribution in [0.3, 0.4) is 0 Å². The van der Waals surface area contributed by atoms with Crippen LogP contribution in [-0.4, -0.2) is 28.6 Å². The van der Waals surface area contributed by atoms with E-state index in [1.807, 2.05) is 0 Å². The summed E-state index contributed by atoms with van der Waals surface area (Å²) in [6.45, 7) is 3.09. The van der Waals surface area contributed by atoms with Gasteiger partial charge in [0.25, 0.3) is 0 Å². The average molecular weight is 267 g/mol. The van der Waals surface area contributed by atoms with Crippen LogP contribution >= 0.6 is 11.3 Å². The van der Waals surface area contributed by atoms with Crippen molar-refractivity contribution in [3.63, 3.8) is 0 Å². The van der Waals surface area contributed by atoms with Gasteiger partial charge in [0, 0.05) is 24.5 Å². The number of hydrogen-bond acceptors (Lipinski definition) is 4. The van der Waals surface area contributed by atoms with Crippen LogP contribution in [0.2, 0.25) is 0 Å². The Morgan fingerprint density at radius 3 is 2.53 bits per heavy atom. The molecule has 0 aliphatic carbocycles. The van der Waals surface area contributed by atoms with Crippen molar-refractivity contribution in [2.45, 2.75) is 39.2 Å². The number of nitrogens with two attached hydrogens (primary N) is 1. The maximum Gasteiger partial charge on any atom is 0.401 e. The molecule has 1 aromatic heterocycles. The number of aromatic nitrogens is 1. The van der Waals surface area contributed by atoms with Crippen molar-refractivity contribution in [2.24, 2.45) is 5.73 Å². The maximum atomic E-state index is 12.4. The highest BCUT2D eigenvalue weighted by molar-refractivity contribution is 7.09. The zero-order valence-electron chi connectivity index (χ0n) is 9.79. The Hall–Kier alpha value is -0.660.